The molecule has 6 nitrogen and oxygen atoms in total. The van der Waals surface area contributed by atoms with Gasteiger partial charge in [-0.3, -0.25) is 9.78 Å². The second-order valence-corrected chi connectivity index (χ2v) is 4.78. The number of nitrogens with one attached hydrogen (secondary N) is 1. The van der Waals surface area contributed by atoms with Crippen molar-refractivity contribution >= 4 is 22.4 Å². The topological polar surface area (TPSA) is 71.0 Å². The molecule has 0 aliphatic rings. The average Bonchev–Trinajstić information content (AvgIpc) is 2.94. The summed E-state index contributed by atoms with van der Waals surface area (Å²) in [6.07, 6.45) is 1.72. The van der Waals surface area contributed by atoms with Gasteiger partial charge in [0, 0.05) is 19.8 Å². The van der Waals surface area contributed by atoms with Crippen LogP contribution in [0.5, 0.6) is 0 Å². The van der Waals surface area contributed by atoms with Crippen LogP contribution in [0.25, 0.3) is 0 Å². The first kappa shape index (κ1) is 13.4. The molecule has 0 fully saturated rings. The van der Waals surface area contributed by atoms with Crippen molar-refractivity contribution in [2.24, 2.45) is 0 Å². The third kappa shape index (κ3) is 3.25. The number of hydrogen-bond acceptors (Lipinski definition) is 6. The molecule has 0 saturated carbocycles. The zero-order chi connectivity index (χ0) is 13.7. The van der Waals surface area contributed by atoms with Crippen LogP contribution in [-0.2, 0) is 6.54 Å². The molecule has 0 bridgehead atoms. The first-order valence-electron chi connectivity index (χ1n) is 5.95. The van der Waals surface area contributed by atoms with Crippen LogP contribution in [0.2, 0.25) is 0 Å². The molecule has 0 aromatic carbocycles. The Labute approximate surface area is 115 Å². The molecule has 7 heteroatoms. The highest BCUT2D eigenvalue weighted by Crippen LogP contribution is 2.17. The van der Waals surface area contributed by atoms with E-state index in [4.69, 9.17) is 0 Å². The standard InChI is InChI=1S/C12H15N5OS/c1-3-17(8-9-6-4-5-7-14-9)11(18)10-15-16-12(13-2)19-10/h4-7H,3,8H2,1-2H3,(H,13,16). The Morgan fingerprint density at radius 2 is 2.26 bits per heavy atom. The Morgan fingerprint density at radius 3 is 2.84 bits per heavy atom. The molecule has 0 atom stereocenters. The zero-order valence-corrected chi connectivity index (χ0v) is 11.6. The van der Waals surface area contributed by atoms with Crippen molar-refractivity contribution in [3.8, 4) is 0 Å². The van der Waals surface area contributed by atoms with Gasteiger partial charge in [0.25, 0.3) is 5.91 Å². The van der Waals surface area contributed by atoms with Gasteiger partial charge in [-0.25, -0.2) is 0 Å². The number of nitrogens with zero attached hydrogens (tertiary/aromatic N) is 4. The summed E-state index contributed by atoms with van der Waals surface area (Å²) >= 11 is 1.25. The summed E-state index contributed by atoms with van der Waals surface area (Å²) in [5.41, 5.74) is 0.857. The largest absolute Gasteiger partial charge is 0.363 e. The van der Waals surface area contributed by atoms with E-state index in [1.165, 1.54) is 11.3 Å². The second-order valence-electron chi connectivity index (χ2n) is 3.80. The highest BCUT2D eigenvalue weighted by molar-refractivity contribution is 7.17. The molecule has 19 heavy (non-hydrogen) atoms. The molecule has 0 aliphatic heterocycles. The summed E-state index contributed by atoms with van der Waals surface area (Å²) in [4.78, 5) is 18.2. The first-order valence-corrected chi connectivity index (χ1v) is 6.76. The monoisotopic (exact) mass is 277 g/mol. The summed E-state index contributed by atoms with van der Waals surface area (Å²) in [7, 11) is 1.75. The Morgan fingerprint density at radius 1 is 1.42 bits per heavy atom. The van der Waals surface area contributed by atoms with Crippen LogP contribution >= 0.6 is 11.3 Å². The predicted molar refractivity (Wildman–Crippen MR) is 74.1 cm³/mol. The number of aromatic nitrogens is 3. The van der Waals surface area contributed by atoms with Crippen molar-refractivity contribution < 1.29 is 4.79 Å². The minimum atomic E-state index is -0.118. The lowest BCUT2D eigenvalue weighted by Gasteiger charge is -2.18. The van der Waals surface area contributed by atoms with Gasteiger partial charge in [-0.15, -0.1) is 10.2 Å². The summed E-state index contributed by atoms with van der Waals surface area (Å²) < 4.78 is 0. The van der Waals surface area contributed by atoms with E-state index >= 15 is 0 Å². The van der Waals surface area contributed by atoms with Gasteiger partial charge in [-0.2, -0.15) is 0 Å². The fraction of sp³-hybridized carbons (Fsp3) is 0.333. The fourth-order valence-corrected chi connectivity index (χ4v) is 2.23. The van der Waals surface area contributed by atoms with E-state index < -0.39 is 0 Å². The Hall–Kier alpha value is -2.02. The van der Waals surface area contributed by atoms with E-state index in [2.05, 4.69) is 20.5 Å². The molecule has 2 aromatic heterocycles. The lowest BCUT2D eigenvalue weighted by atomic mass is 10.3. The summed E-state index contributed by atoms with van der Waals surface area (Å²) in [5.74, 6) is -0.118. The highest BCUT2D eigenvalue weighted by atomic mass is 32.1. The number of rotatable bonds is 5. The molecular weight excluding hydrogens is 262 g/mol. The van der Waals surface area contributed by atoms with Crippen LogP contribution in [-0.4, -0.2) is 39.6 Å². The van der Waals surface area contributed by atoms with Gasteiger partial charge in [-0.1, -0.05) is 17.4 Å². The van der Waals surface area contributed by atoms with Gasteiger partial charge in [-0.05, 0) is 19.1 Å². The quantitative estimate of drug-likeness (QED) is 0.899. The van der Waals surface area contributed by atoms with Gasteiger partial charge in [0.05, 0.1) is 12.2 Å². The van der Waals surface area contributed by atoms with Crippen molar-refractivity contribution in [3.05, 3.63) is 35.1 Å². The molecule has 0 saturated heterocycles. The molecule has 1 amide bonds. The molecule has 0 spiro atoms. The smallest absolute Gasteiger partial charge is 0.285 e. The van der Waals surface area contributed by atoms with Crippen molar-refractivity contribution in [3.63, 3.8) is 0 Å². The lowest BCUT2D eigenvalue weighted by Crippen LogP contribution is -2.30. The van der Waals surface area contributed by atoms with Crippen LogP contribution in [0, 0.1) is 0 Å². The van der Waals surface area contributed by atoms with Gasteiger partial charge < -0.3 is 10.2 Å². The average molecular weight is 277 g/mol. The van der Waals surface area contributed by atoms with Gasteiger partial charge >= 0.3 is 0 Å². The molecule has 0 unspecified atom stereocenters. The van der Waals surface area contributed by atoms with E-state index in [0.29, 0.717) is 23.2 Å². The Kier molecular flexibility index (Phi) is 4.40. The molecular formula is C12H15N5OS. The van der Waals surface area contributed by atoms with Gasteiger partial charge in [0.1, 0.15) is 0 Å². The van der Waals surface area contributed by atoms with Crippen LogP contribution in [0.4, 0.5) is 5.13 Å². The van der Waals surface area contributed by atoms with E-state index in [9.17, 15) is 4.79 Å². The Bertz CT molecular complexity index is 542. The lowest BCUT2D eigenvalue weighted by molar-refractivity contribution is 0.0749. The number of pyridine rings is 1. The second kappa shape index (κ2) is 6.24. The maximum Gasteiger partial charge on any atom is 0.285 e. The molecule has 0 aliphatic carbocycles. The van der Waals surface area contributed by atoms with Gasteiger partial charge in [0.2, 0.25) is 10.1 Å². The molecule has 0 radical (unpaired) electrons. The maximum atomic E-state index is 12.3. The third-order valence-electron chi connectivity index (χ3n) is 2.57. The first-order chi connectivity index (χ1) is 9.24. The van der Waals surface area contributed by atoms with E-state index in [1.807, 2.05) is 25.1 Å². The molecule has 2 aromatic rings. The van der Waals surface area contributed by atoms with Crippen LogP contribution in [0.1, 0.15) is 22.4 Å². The van der Waals surface area contributed by atoms with Crippen LogP contribution < -0.4 is 5.32 Å². The van der Waals surface area contributed by atoms with Crippen LogP contribution in [0.3, 0.4) is 0 Å². The number of amides is 1. The SMILES string of the molecule is CCN(Cc1ccccn1)C(=O)c1nnc(NC)s1. The van der Waals surface area contributed by atoms with Crippen molar-refractivity contribution in [2.45, 2.75) is 13.5 Å². The van der Waals surface area contributed by atoms with Crippen molar-refractivity contribution in [2.75, 3.05) is 18.9 Å². The fourth-order valence-electron chi connectivity index (χ4n) is 1.56. The number of anilines is 1. The summed E-state index contributed by atoms with van der Waals surface area (Å²) in [6, 6.07) is 5.66. The van der Waals surface area contributed by atoms with Gasteiger partial charge in [0.15, 0.2) is 0 Å². The Balaban J connectivity index is 2.11. The number of hydrogen-bond donors (Lipinski definition) is 1. The molecule has 2 heterocycles. The summed E-state index contributed by atoms with van der Waals surface area (Å²) in [6.45, 7) is 3.01. The highest BCUT2D eigenvalue weighted by Gasteiger charge is 2.19. The van der Waals surface area contributed by atoms with E-state index in [0.717, 1.165) is 5.69 Å². The number of carbonyl (C=O) groups is 1. The van der Waals surface area contributed by atoms with Crippen molar-refractivity contribution in [1.29, 1.82) is 0 Å². The molecule has 1 N–H and O–H groups in total. The molecule has 2 rings (SSSR count). The molecule has 100 valence electrons. The predicted octanol–water partition coefficient (Wildman–Crippen LogP) is 1.64. The van der Waals surface area contributed by atoms with Crippen LogP contribution in [0.15, 0.2) is 24.4 Å². The van der Waals surface area contributed by atoms with E-state index in [-0.39, 0.29) is 5.91 Å². The number of carbonyl (C=O) groups excluding carboxylic acids is 1. The normalized spacial score (nSPS) is 10.2. The summed E-state index contributed by atoms with van der Waals surface area (Å²) in [5, 5.41) is 11.7. The maximum absolute atomic E-state index is 12.3. The van der Waals surface area contributed by atoms with E-state index in [1.54, 1.807) is 18.1 Å². The third-order valence-corrected chi connectivity index (χ3v) is 3.50. The van der Waals surface area contributed by atoms with Crippen molar-refractivity contribution in [1.82, 2.24) is 20.1 Å². The minimum Gasteiger partial charge on any atom is -0.363 e. The zero-order valence-electron chi connectivity index (χ0n) is 10.8. The minimum absolute atomic E-state index is 0.118.